The van der Waals surface area contributed by atoms with Gasteiger partial charge in [0.1, 0.15) is 0 Å². The fraction of sp³-hybridized carbons (Fsp3) is 0.905. The van der Waals surface area contributed by atoms with Crippen molar-refractivity contribution in [3.05, 3.63) is 0 Å². The van der Waals surface area contributed by atoms with Crippen LogP contribution in [0.25, 0.3) is 0 Å². The second-order valence-electron chi connectivity index (χ2n) is 8.38. The van der Waals surface area contributed by atoms with Gasteiger partial charge in [-0.15, -0.1) is 0 Å². The lowest BCUT2D eigenvalue weighted by molar-refractivity contribution is -0.121. The van der Waals surface area contributed by atoms with E-state index in [0.29, 0.717) is 31.0 Å². The largest absolute Gasteiger partial charge is 0.379 e. The summed E-state index contributed by atoms with van der Waals surface area (Å²) in [5.74, 6) is 1.58. The van der Waals surface area contributed by atoms with Gasteiger partial charge in [-0.05, 0) is 32.1 Å². The molecule has 1 aliphatic carbocycles. The number of nitrogens with zero attached hydrogens (tertiary/aromatic N) is 2. The molecule has 0 bridgehead atoms. The molecule has 1 saturated carbocycles. The van der Waals surface area contributed by atoms with Gasteiger partial charge in [0.05, 0.1) is 19.8 Å². The maximum atomic E-state index is 12.1. The minimum atomic E-state index is 0.140. The summed E-state index contributed by atoms with van der Waals surface area (Å²) in [6, 6.07) is 0.824. The molecule has 2 rings (SSSR count). The average molecular weight is 396 g/mol. The second-order valence-corrected chi connectivity index (χ2v) is 8.38. The van der Waals surface area contributed by atoms with E-state index < -0.39 is 0 Å². The Morgan fingerprint density at radius 2 is 1.89 bits per heavy atom. The molecule has 0 aromatic rings. The predicted molar refractivity (Wildman–Crippen MR) is 115 cm³/mol. The van der Waals surface area contributed by atoms with Crippen LogP contribution in [0.2, 0.25) is 0 Å². The summed E-state index contributed by atoms with van der Waals surface area (Å²) in [4.78, 5) is 19.4. The summed E-state index contributed by atoms with van der Waals surface area (Å²) in [5, 5.41) is 9.77. The van der Waals surface area contributed by atoms with Crippen molar-refractivity contribution in [3.63, 3.8) is 0 Å². The van der Waals surface area contributed by atoms with E-state index >= 15 is 0 Å². The molecule has 0 spiro atoms. The van der Waals surface area contributed by atoms with Crippen LogP contribution in [0, 0.1) is 5.92 Å². The number of hydrogen-bond acceptors (Lipinski definition) is 4. The Morgan fingerprint density at radius 1 is 1.18 bits per heavy atom. The summed E-state index contributed by atoms with van der Waals surface area (Å²) >= 11 is 0. The van der Waals surface area contributed by atoms with E-state index in [1.165, 1.54) is 12.8 Å². The van der Waals surface area contributed by atoms with Crippen molar-refractivity contribution < 1.29 is 9.53 Å². The van der Waals surface area contributed by atoms with Gasteiger partial charge in [0.15, 0.2) is 5.96 Å². The van der Waals surface area contributed by atoms with Crippen LogP contribution < -0.4 is 16.0 Å². The Bertz CT molecular complexity index is 471. The maximum absolute atomic E-state index is 12.1. The standard InChI is InChI=1S/C21H41N5O2/c1-4-22-21(23-10-9-20(27)25-18-7-5-6-8-18)24-16-19(15-17(2)3)26-11-13-28-14-12-26/h17-19H,4-16H2,1-3H3,(H,25,27)(H2,22,23,24). The third-order valence-corrected chi connectivity index (χ3v) is 5.47. The highest BCUT2D eigenvalue weighted by atomic mass is 16.5. The average Bonchev–Trinajstić information content (AvgIpc) is 3.18. The molecule has 7 nitrogen and oxygen atoms in total. The van der Waals surface area contributed by atoms with Crippen LogP contribution in [-0.2, 0) is 9.53 Å². The molecule has 7 heteroatoms. The molecule has 28 heavy (non-hydrogen) atoms. The number of guanidine groups is 1. The second kappa shape index (κ2) is 13.0. The van der Waals surface area contributed by atoms with Gasteiger partial charge in [-0.2, -0.15) is 0 Å². The lowest BCUT2D eigenvalue weighted by atomic mass is 10.0. The highest BCUT2D eigenvalue weighted by Gasteiger charge is 2.22. The highest BCUT2D eigenvalue weighted by Crippen LogP contribution is 2.17. The van der Waals surface area contributed by atoms with Crippen LogP contribution in [0.3, 0.4) is 0 Å². The summed E-state index contributed by atoms with van der Waals surface area (Å²) in [7, 11) is 0. The summed E-state index contributed by atoms with van der Waals surface area (Å²) in [6.45, 7) is 12.4. The Hall–Kier alpha value is -1.34. The normalized spacial score (nSPS) is 20.4. The first-order chi connectivity index (χ1) is 13.6. The number of carbonyl (C=O) groups is 1. The van der Waals surface area contributed by atoms with Crippen molar-refractivity contribution in [2.24, 2.45) is 10.9 Å². The quantitative estimate of drug-likeness (QED) is 0.388. The Labute approximate surface area is 171 Å². The topological polar surface area (TPSA) is 78.0 Å². The van der Waals surface area contributed by atoms with E-state index in [1.54, 1.807) is 0 Å². The van der Waals surface area contributed by atoms with Crippen molar-refractivity contribution in [2.75, 3.05) is 45.9 Å². The number of morpholine rings is 1. The number of aliphatic imine (C=N–C) groups is 1. The maximum Gasteiger partial charge on any atom is 0.221 e. The van der Waals surface area contributed by atoms with Gasteiger partial charge in [-0.25, -0.2) is 0 Å². The zero-order chi connectivity index (χ0) is 20.2. The van der Waals surface area contributed by atoms with E-state index in [1.807, 2.05) is 0 Å². The van der Waals surface area contributed by atoms with Gasteiger partial charge in [0.25, 0.3) is 0 Å². The summed E-state index contributed by atoms with van der Waals surface area (Å²) in [6.07, 6.45) is 6.35. The van der Waals surface area contributed by atoms with Crippen molar-refractivity contribution >= 4 is 11.9 Å². The summed E-state index contributed by atoms with van der Waals surface area (Å²) < 4.78 is 5.50. The number of carbonyl (C=O) groups excluding carboxylic acids is 1. The highest BCUT2D eigenvalue weighted by molar-refractivity contribution is 5.81. The van der Waals surface area contributed by atoms with Crippen LogP contribution in [-0.4, -0.2) is 74.8 Å². The fourth-order valence-electron chi connectivity index (χ4n) is 4.03. The molecule has 1 unspecified atom stereocenters. The SMILES string of the molecule is CCNC(=NCC(CC(C)C)N1CCOCC1)NCCC(=O)NC1CCCC1. The van der Waals surface area contributed by atoms with E-state index in [4.69, 9.17) is 9.73 Å². The van der Waals surface area contributed by atoms with Gasteiger partial charge < -0.3 is 20.7 Å². The Kier molecular flexibility index (Phi) is 10.6. The van der Waals surface area contributed by atoms with E-state index in [-0.39, 0.29) is 5.91 Å². The molecule has 162 valence electrons. The van der Waals surface area contributed by atoms with E-state index in [0.717, 1.165) is 64.6 Å². The lowest BCUT2D eigenvalue weighted by Crippen LogP contribution is -2.46. The molecule has 1 saturated heterocycles. The molecule has 1 heterocycles. The molecule has 0 aromatic heterocycles. The monoisotopic (exact) mass is 395 g/mol. The predicted octanol–water partition coefficient (Wildman–Crippen LogP) is 1.74. The third kappa shape index (κ3) is 8.78. The van der Waals surface area contributed by atoms with Crippen LogP contribution in [0.4, 0.5) is 0 Å². The number of nitrogens with one attached hydrogen (secondary N) is 3. The number of hydrogen-bond donors (Lipinski definition) is 3. The first-order valence-electron chi connectivity index (χ1n) is 11.2. The first-order valence-corrected chi connectivity index (χ1v) is 11.2. The molecule has 0 aromatic carbocycles. The summed E-state index contributed by atoms with van der Waals surface area (Å²) in [5.41, 5.74) is 0. The molecule has 1 amide bonds. The third-order valence-electron chi connectivity index (χ3n) is 5.47. The van der Waals surface area contributed by atoms with Crippen molar-refractivity contribution in [1.29, 1.82) is 0 Å². The first kappa shape index (κ1) is 22.9. The van der Waals surface area contributed by atoms with Gasteiger partial charge in [0, 0.05) is 44.7 Å². The van der Waals surface area contributed by atoms with Crippen molar-refractivity contribution in [1.82, 2.24) is 20.9 Å². The van der Waals surface area contributed by atoms with Crippen LogP contribution in [0.15, 0.2) is 4.99 Å². The zero-order valence-electron chi connectivity index (χ0n) is 18.1. The fourth-order valence-corrected chi connectivity index (χ4v) is 4.03. The number of rotatable bonds is 10. The molecular formula is C21H41N5O2. The number of ether oxygens (including phenoxy) is 1. The molecule has 2 fully saturated rings. The molecule has 3 N–H and O–H groups in total. The molecular weight excluding hydrogens is 354 g/mol. The van der Waals surface area contributed by atoms with Gasteiger partial charge >= 0.3 is 0 Å². The van der Waals surface area contributed by atoms with Crippen molar-refractivity contribution in [2.45, 2.75) is 71.4 Å². The van der Waals surface area contributed by atoms with E-state index in [2.05, 4.69) is 41.6 Å². The smallest absolute Gasteiger partial charge is 0.221 e. The molecule has 0 radical (unpaired) electrons. The van der Waals surface area contributed by atoms with Crippen LogP contribution >= 0.6 is 0 Å². The van der Waals surface area contributed by atoms with Crippen molar-refractivity contribution in [3.8, 4) is 0 Å². The minimum absolute atomic E-state index is 0.140. The van der Waals surface area contributed by atoms with Crippen LogP contribution in [0.1, 0.15) is 59.3 Å². The number of amides is 1. The van der Waals surface area contributed by atoms with E-state index in [9.17, 15) is 4.79 Å². The minimum Gasteiger partial charge on any atom is -0.379 e. The van der Waals surface area contributed by atoms with Crippen LogP contribution in [0.5, 0.6) is 0 Å². The van der Waals surface area contributed by atoms with Gasteiger partial charge in [0.2, 0.25) is 5.91 Å². The Morgan fingerprint density at radius 3 is 2.54 bits per heavy atom. The lowest BCUT2D eigenvalue weighted by Gasteiger charge is -2.34. The van der Waals surface area contributed by atoms with Gasteiger partial charge in [-0.3, -0.25) is 14.7 Å². The Balaban J connectivity index is 1.79. The molecule has 2 aliphatic rings. The van der Waals surface area contributed by atoms with Gasteiger partial charge in [-0.1, -0.05) is 26.7 Å². The molecule has 1 atom stereocenters. The zero-order valence-corrected chi connectivity index (χ0v) is 18.1. The molecule has 1 aliphatic heterocycles.